The quantitative estimate of drug-likeness (QED) is 0.198. The van der Waals surface area contributed by atoms with E-state index in [1.54, 1.807) is 13.0 Å². The van der Waals surface area contributed by atoms with Gasteiger partial charge >= 0.3 is 0 Å². The Balaban J connectivity index is 0.000000479. The summed E-state index contributed by atoms with van der Waals surface area (Å²) in [5.74, 6) is -0.0399. The van der Waals surface area contributed by atoms with E-state index in [0.717, 1.165) is 17.9 Å². The van der Waals surface area contributed by atoms with Crippen LogP contribution in [0.5, 0.6) is 0 Å². The number of rotatable bonds is 10. The molecule has 0 saturated heterocycles. The van der Waals surface area contributed by atoms with Crippen molar-refractivity contribution in [3.63, 3.8) is 0 Å². The average molecular weight is 422 g/mol. The molecule has 0 radical (unpaired) electrons. The third-order valence-electron chi connectivity index (χ3n) is 4.02. The summed E-state index contributed by atoms with van der Waals surface area (Å²) < 4.78 is 0. The van der Waals surface area contributed by atoms with Gasteiger partial charge in [-0.05, 0) is 49.8 Å². The van der Waals surface area contributed by atoms with Crippen LogP contribution < -0.4 is 15.7 Å². The topological polar surface area (TPSA) is 139 Å². The summed E-state index contributed by atoms with van der Waals surface area (Å²) in [4.78, 5) is 16.4. The van der Waals surface area contributed by atoms with Gasteiger partial charge in [0.1, 0.15) is 13.1 Å². The maximum Gasteiger partial charge on any atom is 0.183 e. The number of nitrogens with one attached hydrogen (secondary N) is 3. The van der Waals surface area contributed by atoms with Gasteiger partial charge < -0.3 is 26.0 Å². The van der Waals surface area contributed by atoms with Crippen LogP contribution in [0.4, 0.5) is 11.4 Å². The number of carbonyl (C=O) groups is 1. The van der Waals surface area contributed by atoms with Gasteiger partial charge in [-0.2, -0.15) is 5.06 Å². The van der Waals surface area contributed by atoms with E-state index < -0.39 is 0 Å². The predicted octanol–water partition coefficient (Wildman–Crippen LogP) is -0.569. The van der Waals surface area contributed by atoms with Crippen LogP contribution in [0, 0.1) is 0 Å². The molecule has 0 saturated carbocycles. The number of benzene rings is 1. The Bertz CT molecular complexity index is 738. The monoisotopic (exact) mass is 421 g/mol. The van der Waals surface area contributed by atoms with Gasteiger partial charge in [0.25, 0.3) is 0 Å². The van der Waals surface area contributed by atoms with E-state index >= 15 is 0 Å². The molecule has 0 atom stereocenters. The number of nitrogens with zero attached hydrogens (tertiary/aromatic N) is 1. The molecule has 1 aromatic carbocycles. The van der Waals surface area contributed by atoms with Gasteiger partial charge in [-0.3, -0.25) is 4.79 Å². The van der Waals surface area contributed by atoms with Crippen molar-refractivity contribution in [2.24, 2.45) is 4.99 Å². The van der Waals surface area contributed by atoms with Gasteiger partial charge in [-0.25, -0.2) is 10.2 Å². The first-order valence-electron chi connectivity index (χ1n) is 9.92. The van der Waals surface area contributed by atoms with Crippen LogP contribution in [-0.4, -0.2) is 78.0 Å². The largest absolute Gasteiger partial charge is 0.395 e. The van der Waals surface area contributed by atoms with Crippen LogP contribution in [0.15, 0.2) is 52.7 Å². The van der Waals surface area contributed by atoms with Gasteiger partial charge in [-0.15, -0.1) is 0 Å². The number of aliphatic imine (C=N–C) groups is 1. The third kappa shape index (κ3) is 9.29. The van der Waals surface area contributed by atoms with Crippen molar-refractivity contribution >= 4 is 22.9 Å². The highest BCUT2D eigenvalue weighted by atomic mass is 16.5. The number of ketones is 1. The summed E-state index contributed by atoms with van der Waals surface area (Å²) in [6.07, 6.45) is 3.29. The molecule has 166 valence electrons. The number of anilines is 1. The van der Waals surface area contributed by atoms with Gasteiger partial charge in [0.2, 0.25) is 0 Å². The molecular formula is C21H33N4O5+. The highest BCUT2D eigenvalue weighted by Gasteiger charge is 2.15. The van der Waals surface area contributed by atoms with Crippen LogP contribution in [-0.2, 0) is 4.79 Å². The molecule has 9 nitrogen and oxygen atoms in total. The lowest BCUT2D eigenvalue weighted by molar-refractivity contribution is -1.09. The van der Waals surface area contributed by atoms with Crippen molar-refractivity contribution in [1.82, 2.24) is 5.32 Å². The molecule has 0 fully saturated rings. The number of hydrogen-bond acceptors (Lipinski definition) is 8. The molecule has 0 amide bonds. The van der Waals surface area contributed by atoms with Crippen molar-refractivity contribution in [3.8, 4) is 0 Å². The summed E-state index contributed by atoms with van der Waals surface area (Å²) in [7, 11) is 0. The van der Waals surface area contributed by atoms with Gasteiger partial charge in [0, 0.05) is 24.9 Å². The number of hydroxylamine groups is 2. The predicted molar refractivity (Wildman–Crippen MR) is 116 cm³/mol. The second-order valence-corrected chi connectivity index (χ2v) is 6.49. The van der Waals surface area contributed by atoms with E-state index in [9.17, 15) is 4.79 Å². The van der Waals surface area contributed by atoms with Crippen molar-refractivity contribution in [1.29, 1.82) is 0 Å². The first kappa shape index (κ1) is 25.5. The number of aliphatic hydroxyl groups excluding tert-OH is 3. The zero-order valence-corrected chi connectivity index (χ0v) is 17.6. The summed E-state index contributed by atoms with van der Waals surface area (Å²) in [6, 6.07) is 7.79. The Labute approximate surface area is 177 Å². The molecule has 30 heavy (non-hydrogen) atoms. The fraction of sp³-hybridized carbons (Fsp3) is 0.429. The molecule has 0 aromatic heterocycles. The average Bonchev–Trinajstić information content (AvgIpc) is 2.72. The molecular weight excluding hydrogens is 388 g/mol. The first-order chi connectivity index (χ1) is 14.4. The molecule has 0 bridgehead atoms. The smallest absolute Gasteiger partial charge is 0.183 e. The lowest BCUT2D eigenvalue weighted by Crippen LogP contribution is -3.10. The summed E-state index contributed by atoms with van der Waals surface area (Å²) in [6.45, 7) is 5.52. The minimum absolute atomic E-state index is 0.00110. The Morgan fingerprint density at radius 2 is 1.60 bits per heavy atom. The molecule has 1 aliphatic carbocycles. The second-order valence-electron chi connectivity index (χ2n) is 6.49. The van der Waals surface area contributed by atoms with Crippen LogP contribution in [0.25, 0.3) is 0 Å². The summed E-state index contributed by atoms with van der Waals surface area (Å²) in [5, 5.41) is 40.4. The van der Waals surface area contributed by atoms with Gasteiger partial charge in [0.05, 0.1) is 36.9 Å². The van der Waals surface area contributed by atoms with Gasteiger partial charge in [0.15, 0.2) is 5.78 Å². The highest BCUT2D eigenvalue weighted by Crippen LogP contribution is 2.19. The molecule has 2 rings (SSSR count). The Kier molecular flexibility index (Phi) is 12.3. The molecule has 9 heteroatoms. The molecule has 0 unspecified atom stereocenters. The number of quaternary nitrogens is 1. The van der Waals surface area contributed by atoms with Gasteiger partial charge in [-0.1, -0.05) is 0 Å². The summed E-state index contributed by atoms with van der Waals surface area (Å²) >= 11 is 0. The molecule has 1 aromatic rings. The SMILES string of the molecule is CCNc1ccc(N=C2C=C(C)C(=O)C=C2NCCO)cc1.OCC[NH+](O)CCO. The van der Waals surface area contributed by atoms with E-state index in [4.69, 9.17) is 20.5 Å². The van der Waals surface area contributed by atoms with E-state index in [-0.39, 0.29) is 43.8 Å². The molecule has 0 spiro atoms. The number of hydrogen-bond donors (Lipinski definition) is 7. The van der Waals surface area contributed by atoms with Crippen molar-refractivity contribution < 1.29 is 30.4 Å². The lowest BCUT2D eigenvalue weighted by atomic mass is 10.0. The first-order valence-corrected chi connectivity index (χ1v) is 9.92. The van der Waals surface area contributed by atoms with E-state index in [1.807, 2.05) is 31.2 Å². The van der Waals surface area contributed by atoms with E-state index in [1.165, 1.54) is 6.08 Å². The highest BCUT2D eigenvalue weighted by molar-refractivity contribution is 6.22. The van der Waals surface area contributed by atoms with E-state index in [2.05, 4.69) is 15.6 Å². The summed E-state index contributed by atoms with van der Waals surface area (Å²) in [5.41, 5.74) is 3.85. The second kappa shape index (κ2) is 14.4. The van der Waals surface area contributed by atoms with Crippen LogP contribution in [0.1, 0.15) is 13.8 Å². The zero-order chi connectivity index (χ0) is 22.4. The Hall–Kier alpha value is -2.56. The maximum atomic E-state index is 11.8. The van der Waals surface area contributed by atoms with Crippen molar-refractivity contribution in [2.75, 3.05) is 51.3 Å². The number of aliphatic hydroxyl groups is 3. The van der Waals surface area contributed by atoms with Crippen molar-refractivity contribution in [3.05, 3.63) is 47.7 Å². The van der Waals surface area contributed by atoms with Crippen LogP contribution >= 0.6 is 0 Å². The molecule has 0 aliphatic heterocycles. The maximum absolute atomic E-state index is 11.8. The lowest BCUT2D eigenvalue weighted by Gasteiger charge is -2.15. The number of allylic oxidation sites excluding steroid dienone is 3. The number of carbonyl (C=O) groups excluding carboxylic acids is 1. The fourth-order valence-electron chi connectivity index (χ4n) is 2.48. The molecule has 7 N–H and O–H groups in total. The third-order valence-corrected chi connectivity index (χ3v) is 4.02. The Morgan fingerprint density at radius 1 is 0.967 bits per heavy atom. The molecule has 0 heterocycles. The van der Waals surface area contributed by atoms with Crippen LogP contribution in [0.3, 0.4) is 0 Å². The van der Waals surface area contributed by atoms with Crippen LogP contribution in [0.2, 0.25) is 0 Å². The Morgan fingerprint density at radius 3 is 2.13 bits per heavy atom. The molecule has 1 aliphatic rings. The standard InChI is InChI=1S/C17H21N3O2.C4H11NO3/c1-3-18-13-4-6-14(7-5-13)20-16-10-12(2)17(22)11-15(16)19-8-9-21;6-3-1-5(8)2-4-7/h4-7,10-11,18-19,21H,3,8-9H2,1-2H3;6-8H,1-4H2/p+1. The zero-order valence-electron chi connectivity index (χ0n) is 17.6. The minimum atomic E-state index is -0.0498. The van der Waals surface area contributed by atoms with E-state index in [0.29, 0.717) is 23.5 Å². The van der Waals surface area contributed by atoms with Crippen molar-refractivity contribution in [2.45, 2.75) is 13.8 Å². The normalized spacial score (nSPS) is 14.8. The fourth-order valence-corrected chi connectivity index (χ4v) is 2.48. The minimum Gasteiger partial charge on any atom is -0.395 e.